The highest BCUT2D eigenvalue weighted by atomic mass is 16.2. The van der Waals surface area contributed by atoms with Gasteiger partial charge in [-0.3, -0.25) is 9.59 Å². The lowest BCUT2D eigenvalue weighted by atomic mass is 9.95. The zero-order valence-corrected chi connectivity index (χ0v) is 15.8. The van der Waals surface area contributed by atoms with Crippen molar-refractivity contribution >= 4 is 11.8 Å². The Morgan fingerprint density at radius 2 is 1.84 bits per heavy atom. The lowest BCUT2D eigenvalue weighted by Crippen LogP contribution is -2.45. The molecular weight excluding hydrogens is 318 g/mol. The van der Waals surface area contributed by atoms with Crippen LogP contribution in [0, 0.1) is 12.8 Å². The Hall–Kier alpha value is -1.89. The van der Waals surface area contributed by atoms with Crippen LogP contribution in [-0.2, 0) is 17.9 Å². The van der Waals surface area contributed by atoms with Crippen molar-refractivity contribution in [3.05, 3.63) is 17.2 Å². The Balaban J connectivity index is 1.71. The van der Waals surface area contributed by atoms with Crippen molar-refractivity contribution in [1.82, 2.24) is 24.3 Å². The first-order chi connectivity index (χ1) is 11.9. The van der Waals surface area contributed by atoms with E-state index in [1.807, 2.05) is 16.4 Å². The third-order valence-corrected chi connectivity index (χ3v) is 5.45. The second kappa shape index (κ2) is 7.15. The van der Waals surface area contributed by atoms with Crippen LogP contribution in [0.15, 0.2) is 0 Å². The summed E-state index contributed by atoms with van der Waals surface area (Å²) in [4.78, 5) is 35.8. The average Bonchev–Trinajstić information content (AvgIpc) is 2.95. The largest absolute Gasteiger partial charge is 0.343 e. The Morgan fingerprint density at radius 3 is 2.44 bits per heavy atom. The Morgan fingerprint density at radius 1 is 1.16 bits per heavy atom. The van der Waals surface area contributed by atoms with Crippen LogP contribution in [0.25, 0.3) is 0 Å². The van der Waals surface area contributed by atoms with E-state index in [4.69, 9.17) is 0 Å². The van der Waals surface area contributed by atoms with E-state index in [2.05, 4.69) is 16.8 Å². The molecule has 25 heavy (non-hydrogen) atoms. The topological polar surface area (TPSA) is 61.7 Å². The van der Waals surface area contributed by atoms with Crippen LogP contribution in [0.5, 0.6) is 0 Å². The molecule has 3 rings (SSSR count). The quantitative estimate of drug-likeness (QED) is 0.817. The van der Waals surface area contributed by atoms with Crippen LogP contribution in [0.1, 0.15) is 41.8 Å². The molecule has 0 bridgehead atoms. The summed E-state index contributed by atoms with van der Waals surface area (Å²) in [5.41, 5.74) is 1.41. The number of amides is 2. The minimum Gasteiger partial charge on any atom is -0.343 e. The number of carbonyl (C=O) groups is 2. The number of likely N-dealkylation sites (tertiary alicyclic amines) is 1. The maximum atomic E-state index is 12.9. The van der Waals surface area contributed by atoms with Crippen LogP contribution < -0.4 is 0 Å². The van der Waals surface area contributed by atoms with E-state index in [-0.39, 0.29) is 17.7 Å². The molecule has 3 heterocycles. The van der Waals surface area contributed by atoms with Gasteiger partial charge in [-0.1, -0.05) is 6.92 Å². The molecule has 0 spiro atoms. The van der Waals surface area contributed by atoms with E-state index in [9.17, 15) is 9.59 Å². The van der Waals surface area contributed by atoms with Crippen LogP contribution >= 0.6 is 0 Å². The summed E-state index contributed by atoms with van der Waals surface area (Å²) in [7, 11) is 3.51. The smallest absolute Gasteiger partial charge is 0.271 e. The van der Waals surface area contributed by atoms with E-state index in [1.54, 1.807) is 19.0 Å². The van der Waals surface area contributed by atoms with E-state index >= 15 is 0 Å². The number of piperidine rings is 1. The molecule has 0 saturated carbocycles. The highest BCUT2D eigenvalue weighted by Crippen LogP contribution is 2.24. The number of imidazole rings is 1. The van der Waals surface area contributed by atoms with Crippen molar-refractivity contribution in [1.29, 1.82) is 0 Å². The van der Waals surface area contributed by atoms with Gasteiger partial charge in [0.05, 0.1) is 12.2 Å². The molecule has 1 saturated heterocycles. The molecule has 2 aliphatic heterocycles. The number of fused-ring (bicyclic) bond motifs is 1. The Kier molecular flexibility index (Phi) is 5.13. The predicted octanol–water partition coefficient (Wildman–Crippen LogP) is 0.967. The predicted molar refractivity (Wildman–Crippen MR) is 95.2 cm³/mol. The van der Waals surface area contributed by atoms with Crippen molar-refractivity contribution in [3.8, 4) is 0 Å². The third kappa shape index (κ3) is 3.42. The van der Waals surface area contributed by atoms with Gasteiger partial charge < -0.3 is 19.3 Å². The molecule has 1 aromatic rings. The molecule has 138 valence electrons. The molecule has 0 radical (unpaired) electrons. The standard InChI is InChI=1S/C18H29N5O2/c1-5-21-8-6-14(7-9-21)17(24)22-10-11-23-15(12-22)19-13(2)16(23)18(25)20(3)4/h14H,5-12H2,1-4H3. The van der Waals surface area contributed by atoms with E-state index in [0.717, 1.165) is 44.0 Å². The highest BCUT2D eigenvalue weighted by Gasteiger charge is 2.32. The fraction of sp³-hybridized carbons (Fsp3) is 0.722. The number of hydrogen-bond donors (Lipinski definition) is 0. The van der Waals surface area contributed by atoms with E-state index in [1.165, 1.54) is 0 Å². The van der Waals surface area contributed by atoms with E-state index < -0.39 is 0 Å². The van der Waals surface area contributed by atoms with Gasteiger partial charge in [0.15, 0.2) is 0 Å². The molecule has 0 unspecified atom stereocenters. The number of nitrogens with zero attached hydrogens (tertiary/aromatic N) is 5. The molecule has 0 aromatic carbocycles. The van der Waals surface area contributed by atoms with Gasteiger partial charge in [-0.2, -0.15) is 0 Å². The summed E-state index contributed by atoms with van der Waals surface area (Å²) in [6, 6.07) is 0. The van der Waals surface area contributed by atoms with Gasteiger partial charge in [0.25, 0.3) is 5.91 Å². The maximum Gasteiger partial charge on any atom is 0.271 e. The molecule has 1 fully saturated rings. The van der Waals surface area contributed by atoms with Gasteiger partial charge >= 0.3 is 0 Å². The summed E-state index contributed by atoms with van der Waals surface area (Å²) in [6.07, 6.45) is 1.89. The minimum atomic E-state index is -0.0250. The van der Waals surface area contributed by atoms with Gasteiger partial charge in [0.1, 0.15) is 11.5 Å². The molecule has 7 nitrogen and oxygen atoms in total. The summed E-state index contributed by atoms with van der Waals surface area (Å²) in [5.74, 6) is 1.19. The van der Waals surface area contributed by atoms with Gasteiger partial charge in [0, 0.05) is 33.1 Å². The Bertz CT molecular complexity index is 659. The fourth-order valence-electron chi connectivity index (χ4n) is 3.89. The van der Waals surface area contributed by atoms with Gasteiger partial charge in [-0.05, 0) is 39.4 Å². The van der Waals surface area contributed by atoms with Gasteiger partial charge in [-0.25, -0.2) is 4.98 Å². The van der Waals surface area contributed by atoms with E-state index in [0.29, 0.717) is 25.3 Å². The number of aryl methyl sites for hydroxylation is 1. The Labute approximate surface area is 149 Å². The van der Waals surface area contributed by atoms with Crippen molar-refractivity contribution in [2.75, 3.05) is 40.3 Å². The second-order valence-electron chi connectivity index (χ2n) is 7.28. The van der Waals surface area contributed by atoms with Gasteiger partial charge in [-0.15, -0.1) is 0 Å². The number of hydrogen-bond acceptors (Lipinski definition) is 4. The minimum absolute atomic E-state index is 0.0250. The SMILES string of the molecule is CCN1CCC(C(=O)N2CCn3c(nc(C)c3C(=O)N(C)C)C2)CC1. The first kappa shape index (κ1) is 17.9. The lowest BCUT2D eigenvalue weighted by Gasteiger charge is -2.35. The van der Waals surface area contributed by atoms with Crippen molar-refractivity contribution < 1.29 is 9.59 Å². The first-order valence-corrected chi connectivity index (χ1v) is 9.21. The molecule has 1 aromatic heterocycles. The zero-order valence-electron chi connectivity index (χ0n) is 15.8. The third-order valence-electron chi connectivity index (χ3n) is 5.45. The lowest BCUT2D eigenvalue weighted by molar-refractivity contribution is -0.138. The van der Waals surface area contributed by atoms with Crippen molar-refractivity contribution in [2.24, 2.45) is 5.92 Å². The van der Waals surface area contributed by atoms with Crippen molar-refractivity contribution in [2.45, 2.75) is 39.8 Å². The second-order valence-corrected chi connectivity index (χ2v) is 7.28. The average molecular weight is 347 g/mol. The first-order valence-electron chi connectivity index (χ1n) is 9.21. The number of rotatable bonds is 3. The fourth-order valence-corrected chi connectivity index (χ4v) is 3.89. The molecular formula is C18H29N5O2. The van der Waals surface area contributed by atoms with Crippen LogP contribution in [0.3, 0.4) is 0 Å². The highest BCUT2D eigenvalue weighted by molar-refractivity contribution is 5.93. The monoisotopic (exact) mass is 347 g/mol. The molecule has 2 amide bonds. The molecule has 2 aliphatic rings. The van der Waals surface area contributed by atoms with Crippen LogP contribution in [0.2, 0.25) is 0 Å². The molecule has 7 heteroatoms. The summed E-state index contributed by atoms with van der Waals surface area (Å²) < 4.78 is 1.99. The number of aromatic nitrogens is 2. The normalized spacial score (nSPS) is 19.0. The van der Waals surface area contributed by atoms with Crippen LogP contribution in [0.4, 0.5) is 0 Å². The zero-order chi connectivity index (χ0) is 18.1. The van der Waals surface area contributed by atoms with Crippen molar-refractivity contribution in [3.63, 3.8) is 0 Å². The molecule has 0 N–H and O–H groups in total. The van der Waals surface area contributed by atoms with Crippen LogP contribution in [-0.4, -0.2) is 76.3 Å². The summed E-state index contributed by atoms with van der Waals surface area (Å²) in [6.45, 7) is 8.93. The number of carbonyl (C=O) groups excluding carboxylic acids is 2. The molecule has 0 aliphatic carbocycles. The summed E-state index contributed by atoms with van der Waals surface area (Å²) in [5, 5.41) is 0. The molecule has 0 atom stereocenters. The maximum absolute atomic E-state index is 12.9. The summed E-state index contributed by atoms with van der Waals surface area (Å²) >= 11 is 0. The van der Waals surface area contributed by atoms with Gasteiger partial charge in [0.2, 0.25) is 5.91 Å².